The molecule has 0 aliphatic carbocycles. The number of rotatable bonds is 2. The van der Waals surface area contributed by atoms with Gasteiger partial charge in [0.25, 0.3) is 0 Å². The van der Waals surface area contributed by atoms with E-state index in [4.69, 9.17) is 4.98 Å². The molecule has 96 valence electrons. The molecule has 3 aromatic rings. The fourth-order valence-electron chi connectivity index (χ4n) is 2.17. The number of aromatic hydroxyl groups is 1. The van der Waals surface area contributed by atoms with Gasteiger partial charge in [0.05, 0.1) is 10.7 Å². The molecule has 0 radical (unpaired) electrons. The molecule has 0 aliphatic heterocycles. The molecule has 0 saturated heterocycles. The largest absolute Gasteiger partial charge is 0.508 e. The van der Waals surface area contributed by atoms with Gasteiger partial charge >= 0.3 is 0 Å². The summed E-state index contributed by atoms with van der Waals surface area (Å²) in [6, 6.07) is 11.6. The van der Waals surface area contributed by atoms with Crippen LogP contribution in [0.4, 0.5) is 0 Å². The van der Waals surface area contributed by atoms with Crippen molar-refractivity contribution >= 4 is 22.1 Å². The van der Waals surface area contributed by atoms with Gasteiger partial charge in [0.1, 0.15) is 5.75 Å². The second-order valence-corrected chi connectivity index (χ2v) is 5.83. The zero-order valence-corrected chi connectivity index (χ0v) is 11.7. The third-order valence-corrected chi connectivity index (χ3v) is 4.30. The van der Waals surface area contributed by atoms with E-state index in [1.165, 1.54) is 0 Å². The van der Waals surface area contributed by atoms with Gasteiger partial charge in [-0.05, 0) is 22.9 Å². The van der Waals surface area contributed by atoms with Crippen molar-refractivity contribution in [2.24, 2.45) is 0 Å². The summed E-state index contributed by atoms with van der Waals surface area (Å²) in [5, 5.41) is 15.0. The first-order valence-corrected chi connectivity index (χ1v) is 7.20. The molecule has 1 heterocycles. The standard InChI is InChI=1S/C16H15NOS/c1-10(2)16-17-15(9-19-16)14-5-3-4-11-8-12(18)6-7-13(11)14/h3-10,18H,1-2H3. The monoisotopic (exact) mass is 269 g/mol. The Morgan fingerprint density at radius 2 is 2.00 bits per heavy atom. The van der Waals surface area contributed by atoms with Crippen LogP contribution in [0, 0.1) is 0 Å². The van der Waals surface area contributed by atoms with Gasteiger partial charge in [-0.25, -0.2) is 4.98 Å². The van der Waals surface area contributed by atoms with E-state index in [2.05, 4.69) is 25.3 Å². The minimum absolute atomic E-state index is 0.297. The van der Waals surface area contributed by atoms with Crippen molar-refractivity contribution in [1.82, 2.24) is 4.98 Å². The van der Waals surface area contributed by atoms with Crippen LogP contribution in [0.1, 0.15) is 24.8 Å². The molecule has 3 rings (SSSR count). The molecule has 0 unspecified atom stereocenters. The topological polar surface area (TPSA) is 33.1 Å². The van der Waals surface area contributed by atoms with E-state index in [0.717, 1.165) is 27.0 Å². The van der Waals surface area contributed by atoms with Gasteiger partial charge in [-0.3, -0.25) is 0 Å². The van der Waals surface area contributed by atoms with Crippen molar-refractivity contribution < 1.29 is 5.11 Å². The number of hydrogen-bond acceptors (Lipinski definition) is 3. The summed E-state index contributed by atoms with van der Waals surface area (Å²) in [7, 11) is 0. The Morgan fingerprint density at radius 3 is 2.74 bits per heavy atom. The molecule has 2 nitrogen and oxygen atoms in total. The maximum absolute atomic E-state index is 9.56. The Morgan fingerprint density at radius 1 is 1.16 bits per heavy atom. The molecule has 2 aromatic carbocycles. The molecule has 19 heavy (non-hydrogen) atoms. The van der Waals surface area contributed by atoms with Crippen molar-refractivity contribution in [2.45, 2.75) is 19.8 Å². The summed E-state index contributed by atoms with van der Waals surface area (Å²) < 4.78 is 0. The molecule has 0 atom stereocenters. The lowest BCUT2D eigenvalue weighted by Gasteiger charge is -2.04. The maximum Gasteiger partial charge on any atom is 0.116 e. The molecule has 0 fully saturated rings. The first-order chi connectivity index (χ1) is 9.15. The lowest BCUT2D eigenvalue weighted by atomic mass is 10.0. The highest BCUT2D eigenvalue weighted by atomic mass is 32.1. The van der Waals surface area contributed by atoms with Crippen LogP contribution in [-0.4, -0.2) is 10.1 Å². The summed E-state index contributed by atoms with van der Waals surface area (Å²) >= 11 is 1.70. The summed E-state index contributed by atoms with van der Waals surface area (Å²) in [4.78, 5) is 4.71. The highest BCUT2D eigenvalue weighted by molar-refractivity contribution is 7.10. The van der Waals surface area contributed by atoms with E-state index in [1.807, 2.05) is 18.2 Å². The molecule has 1 N–H and O–H groups in total. The van der Waals surface area contributed by atoms with Gasteiger partial charge in [-0.2, -0.15) is 0 Å². The van der Waals surface area contributed by atoms with Gasteiger partial charge < -0.3 is 5.11 Å². The summed E-state index contributed by atoms with van der Waals surface area (Å²) in [5.41, 5.74) is 2.14. The number of phenolic OH excluding ortho intramolecular Hbond substituents is 1. The lowest BCUT2D eigenvalue weighted by molar-refractivity contribution is 0.476. The van der Waals surface area contributed by atoms with E-state index in [9.17, 15) is 5.11 Å². The van der Waals surface area contributed by atoms with Crippen molar-refractivity contribution in [3.05, 3.63) is 46.8 Å². The first-order valence-electron chi connectivity index (χ1n) is 6.32. The Hall–Kier alpha value is -1.87. The smallest absolute Gasteiger partial charge is 0.116 e. The van der Waals surface area contributed by atoms with Crippen molar-refractivity contribution in [3.63, 3.8) is 0 Å². The van der Waals surface area contributed by atoms with Crippen LogP contribution in [0.15, 0.2) is 41.8 Å². The Bertz CT molecular complexity index is 730. The fraction of sp³-hybridized carbons (Fsp3) is 0.188. The molecule has 0 saturated carbocycles. The fourth-order valence-corrected chi connectivity index (χ4v) is 3.01. The lowest BCUT2D eigenvalue weighted by Crippen LogP contribution is -1.86. The van der Waals surface area contributed by atoms with Crippen LogP contribution < -0.4 is 0 Å². The second-order valence-electron chi connectivity index (χ2n) is 4.94. The van der Waals surface area contributed by atoms with E-state index < -0.39 is 0 Å². The number of nitrogens with zero attached hydrogens (tertiary/aromatic N) is 1. The minimum atomic E-state index is 0.297. The molecular weight excluding hydrogens is 254 g/mol. The highest BCUT2D eigenvalue weighted by Gasteiger charge is 2.10. The number of aromatic nitrogens is 1. The number of benzene rings is 2. The molecule has 1 aromatic heterocycles. The predicted molar refractivity (Wildman–Crippen MR) is 80.8 cm³/mol. The van der Waals surface area contributed by atoms with Crippen molar-refractivity contribution in [1.29, 1.82) is 0 Å². The Kier molecular flexibility index (Phi) is 2.99. The summed E-state index contributed by atoms with van der Waals surface area (Å²) in [6.07, 6.45) is 0. The van der Waals surface area contributed by atoms with E-state index in [0.29, 0.717) is 11.7 Å². The van der Waals surface area contributed by atoms with E-state index in [-0.39, 0.29) is 0 Å². The van der Waals surface area contributed by atoms with Crippen molar-refractivity contribution in [2.75, 3.05) is 0 Å². The van der Waals surface area contributed by atoms with Gasteiger partial charge in [-0.15, -0.1) is 11.3 Å². The van der Waals surface area contributed by atoms with Crippen LogP contribution in [-0.2, 0) is 0 Å². The quantitative estimate of drug-likeness (QED) is 0.725. The second kappa shape index (κ2) is 4.67. The van der Waals surface area contributed by atoms with Crippen LogP contribution in [0.5, 0.6) is 5.75 Å². The number of phenols is 1. The molecule has 0 bridgehead atoms. The number of fused-ring (bicyclic) bond motifs is 1. The molecule has 0 spiro atoms. The SMILES string of the molecule is CC(C)c1nc(-c2cccc3cc(O)ccc23)cs1. The minimum Gasteiger partial charge on any atom is -0.508 e. The average Bonchev–Trinajstić information content (AvgIpc) is 2.87. The Labute approximate surface area is 116 Å². The first kappa shape index (κ1) is 12.2. The highest BCUT2D eigenvalue weighted by Crippen LogP contribution is 2.32. The maximum atomic E-state index is 9.56. The third kappa shape index (κ3) is 2.22. The van der Waals surface area contributed by atoms with Gasteiger partial charge in [0, 0.05) is 16.9 Å². The molecule has 0 amide bonds. The van der Waals surface area contributed by atoms with E-state index in [1.54, 1.807) is 23.5 Å². The Balaban J connectivity index is 2.18. The van der Waals surface area contributed by atoms with Crippen LogP contribution in [0.2, 0.25) is 0 Å². The van der Waals surface area contributed by atoms with Crippen LogP contribution >= 0.6 is 11.3 Å². The van der Waals surface area contributed by atoms with E-state index >= 15 is 0 Å². The summed E-state index contributed by atoms with van der Waals surface area (Å²) in [6.45, 7) is 4.31. The van der Waals surface area contributed by atoms with Crippen LogP contribution in [0.3, 0.4) is 0 Å². The van der Waals surface area contributed by atoms with Gasteiger partial charge in [-0.1, -0.05) is 38.1 Å². The third-order valence-electron chi connectivity index (χ3n) is 3.16. The summed E-state index contributed by atoms with van der Waals surface area (Å²) in [5.74, 6) is 0.753. The normalized spacial score (nSPS) is 11.3. The zero-order chi connectivity index (χ0) is 13.4. The van der Waals surface area contributed by atoms with Crippen molar-refractivity contribution in [3.8, 4) is 17.0 Å². The number of hydrogen-bond donors (Lipinski definition) is 1. The molecular formula is C16H15NOS. The zero-order valence-electron chi connectivity index (χ0n) is 10.9. The predicted octanol–water partition coefficient (Wildman–Crippen LogP) is 4.79. The molecule has 3 heteroatoms. The molecule has 0 aliphatic rings. The van der Waals surface area contributed by atoms with Gasteiger partial charge in [0.2, 0.25) is 0 Å². The number of thiazole rings is 1. The van der Waals surface area contributed by atoms with Gasteiger partial charge in [0.15, 0.2) is 0 Å². The average molecular weight is 269 g/mol. The van der Waals surface area contributed by atoms with Crippen LogP contribution in [0.25, 0.3) is 22.0 Å².